The molecule has 0 fully saturated rings. The molecular weight excluding hydrogens is 384 g/mol. The van der Waals surface area contributed by atoms with Crippen molar-refractivity contribution in [2.75, 3.05) is 0 Å². The van der Waals surface area contributed by atoms with Crippen LogP contribution in [-0.4, -0.2) is 8.80 Å². The molecule has 0 bridgehead atoms. The van der Waals surface area contributed by atoms with Gasteiger partial charge in [-0.05, 0) is 74.5 Å². The average Bonchev–Trinajstić information content (AvgIpc) is 3.30. The van der Waals surface area contributed by atoms with Gasteiger partial charge in [-0.2, -0.15) is 0 Å². The molecule has 0 spiro atoms. The van der Waals surface area contributed by atoms with Gasteiger partial charge in [0.15, 0.2) is 0 Å². The summed E-state index contributed by atoms with van der Waals surface area (Å²) in [5.41, 5.74) is 6.34. The van der Waals surface area contributed by atoms with E-state index in [0.29, 0.717) is 0 Å². The molecular formula is C27H21O2Si+. The van der Waals surface area contributed by atoms with E-state index in [2.05, 4.69) is 93.2 Å². The van der Waals surface area contributed by atoms with Crippen molar-refractivity contribution in [3.8, 4) is 0 Å². The molecule has 0 radical (unpaired) electrons. The second-order valence-electron chi connectivity index (χ2n) is 8.25. The Labute approximate surface area is 176 Å². The molecule has 0 saturated carbocycles. The van der Waals surface area contributed by atoms with Gasteiger partial charge < -0.3 is 8.83 Å². The van der Waals surface area contributed by atoms with Gasteiger partial charge in [-0.25, -0.2) is 0 Å². The smallest absolute Gasteiger partial charge is 0.387 e. The third-order valence-corrected chi connectivity index (χ3v) is 8.47. The summed E-state index contributed by atoms with van der Waals surface area (Å²) in [7, 11) is -0.921. The minimum Gasteiger partial charge on any atom is -0.456 e. The van der Waals surface area contributed by atoms with Gasteiger partial charge in [-0.15, -0.1) is 0 Å². The van der Waals surface area contributed by atoms with Crippen LogP contribution < -0.4 is 10.4 Å². The number of benzene rings is 4. The van der Waals surface area contributed by atoms with E-state index >= 15 is 0 Å². The molecule has 0 saturated heterocycles. The minimum atomic E-state index is -0.921. The molecule has 2 aromatic heterocycles. The van der Waals surface area contributed by atoms with Crippen molar-refractivity contribution in [1.29, 1.82) is 0 Å². The summed E-state index contributed by atoms with van der Waals surface area (Å²) in [6.45, 7) is 6.63. The number of aryl methyl sites for hydroxylation is 2. The zero-order chi connectivity index (χ0) is 20.4. The normalized spacial score (nSPS) is 11.8. The van der Waals surface area contributed by atoms with Gasteiger partial charge in [0.1, 0.15) is 32.7 Å². The highest BCUT2D eigenvalue weighted by atomic mass is 28.3. The Morgan fingerprint density at radius 1 is 0.500 bits per heavy atom. The van der Waals surface area contributed by atoms with E-state index in [-0.39, 0.29) is 0 Å². The van der Waals surface area contributed by atoms with E-state index in [9.17, 15) is 0 Å². The molecule has 30 heavy (non-hydrogen) atoms. The van der Waals surface area contributed by atoms with Crippen molar-refractivity contribution < 1.29 is 8.83 Å². The third-order valence-electron chi connectivity index (χ3n) is 6.12. The molecule has 0 aliphatic heterocycles. The van der Waals surface area contributed by atoms with Crippen molar-refractivity contribution in [3.63, 3.8) is 0 Å². The van der Waals surface area contributed by atoms with E-state index in [1.165, 1.54) is 43.0 Å². The number of fused-ring (bicyclic) bond motifs is 6. The Hall–Kier alpha value is -3.30. The fourth-order valence-electron chi connectivity index (χ4n) is 4.42. The summed E-state index contributed by atoms with van der Waals surface area (Å²) in [5, 5.41) is 7.60. The van der Waals surface area contributed by atoms with Crippen LogP contribution in [0.5, 0.6) is 0 Å². The molecule has 0 atom stereocenters. The lowest BCUT2D eigenvalue weighted by molar-refractivity contribution is 0.668. The van der Waals surface area contributed by atoms with Crippen molar-refractivity contribution in [1.82, 2.24) is 0 Å². The van der Waals surface area contributed by atoms with Crippen LogP contribution in [0.4, 0.5) is 0 Å². The van der Waals surface area contributed by atoms with E-state index in [1.54, 1.807) is 0 Å². The van der Waals surface area contributed by atoms with E-state index < -0.39 is 8.80 Å². The fourth-order valence-corrected chi connectivity index (χ4v) is 6.14. The fraction of sp³-hybridized carbons (Fsp3) is 0.111. The van der Waals surface area contributed by atoms with Gasteiger partial charge in [-0.3, -0.25) is 0 Å². The third kappa shape index (κ3) is 2.62. The molecule has 2 heterocycles. The second-order valence-corrected chi connectivity index (χ2v) is 10.7. The van der Waals surface area contributed by atoms with Crippen molar-refractivity contribution in [3.05, 3.63) is 83.9 Å². The Bertz CT molecular complexity index is 1470. The summed E-state index contributed by atoms with van der Waals surface area (Å²) in [6.07, 6.45) is 0. The molecule has 0 N–H and O–H groups in total. The minimum absolute atomic E-state index is 0.921. The molecule has 0 aliphatic carbocycles. The van der Waals surface area contributed by atoms with Crippen LogP contribution in [0.2, 0.25) is 6.55 Å². The number of hydrogen-bond acceptors (Lipinski definition) is 2. The first-order valence-corrected chi connectivity index (χ1v) is 12.3. The molecule has 2 nitrogen and oxygen atoms in total. The second kappa shape index (κ2) is 6.35. The van der Waals surface area contributed by atoms with E-state index in [4.69, 9.17) is 8.83 Å². The Balaban J connectivity index is 1.50. The van der Waals surface area contributed by atoms with Gasteiger partial charge >= 0.3 is 8.80 Å². The Morgan fingerprint density at radius 3 is 1.30 bits per heavy atom. The first-order chi connectivity index (χ1) is 14.6. The van der Waals surface area contributed by atoms with E-state index in [1.807, 2.05) is 0 Å². The van der Waals surface area contributed by atoms with Gasteiger partial charge in [0.2, 0.25) is 0 Å². The lowest BCUT2D eigenvalue weighted by atomic mass is 10.1. The molecule has 6 rings (SSSR count). The Morgan fingerprint density at radius 2 is 0.867 bits per heavy atom. The lowest BCUT2D eigenvalue weighted by Gasteiger charge is -1.99. The molecule has 0 amide bonds. The molecule has 6 aromatic rings. The average molecular weight is 406 g/mol. The maximum atomic E-state index is 6.05. The maximum Gasteiger partial charge on any atom is 0.387 e. The van der Waals surface area contributed by atoms with Gasteiger partial charge in [0.25, 0.3) is 0 Å². The first kappa shape index (κ1) is 17.5. The van der Waals surface area contributed by atoms with E-state index in [0.717, 1.165) is 22.3 Å². The highest BCUT2D eigenvalue weighted by Crippen LogP contribution is 2.30. The van der Waals surface area contributed by atoms with Crippen LogP contribution >= 0.6 is 0 Å². The molecule has 3 heteroatoms. The van der Waals surface area contributed by atoms with Crippen molar-refractivity contribution >= 4 is 63.0 Å². The molecule has 144 valence electrons. The zero-order valence-electron chi connectivity index (χ0n) is 17.2. The van der Waals surface area contributed by atoms with Crippen LogP contribution in [-0.2, 0) is 0 Å². The summed E-state index contributed by atoms with van der Waals surface area (Å²) in [5.74, 6) is 0. The van der Waals surface area contributed by atoms with Crippen LogP contribution in [0.1, 0.15) is 11.1 Å². The Kier molecular flexibility index (Phi) is 3.71. The van der Waals surface area contributed by atoms with Gasteiger partial charge in [0, 0.05) is 21.5 Å². The van der Waals surface area contributed by atoms with Crippen LogP contribution in [0.15, 0.2) is 81.6 Å². The zero-order valence-corrected chi connectivity index (χ0v) is 18.2. The summed E-state index contributed by atoms with van der Waals surface area (Å²) in [4.78, 5) is 0. The lowest BCUT2D eigenvalue weighted by Crippen LogP contribution is -2.38. The maximum absolute atomic E-state index is 6.05. The summed E-state index contributed by atoms with van der Waals surface area (Å²) >= 11 is 0. The van der Waals surface area contributed by atoms with Crippen molar-refractivity contribution in [2.24, 2.45) is 0 Å². The quantitative estimate of drug-likeness (QED) is 0.314. The topological polar surface area (TPSA) is 26.3 Å². The van der Waals surface area contributed by atoms with Crippen LogP contribution in [0.25, 0.3) is 43.9 Å². The highest BCUT2D eigenvalue weighted by Gasteiger charge is 2.28. The SMILES string of the molecule is Cc1ccc2oc3ccc([Si+](C)c4ccc5oc6ccc(C)cc6c5c4)cc3c2c1. The predicted molar refractivity (Wildman–Crippen MR) is 128 cm³/mol. The summed E-state index contributed by atoms with van der Waals surface area (Å²) < 4.78 is 12.1. The monoisotopic (exact) mass is 405 g/mol. The molecule has 0 unspecified atom stereocenters. The first-order valence-electron chi connectivity index (χ1n) is 10.3. The largest absolute Gasteiger partial charge is 0.456 e. The molecule has 4 aromatic carbocycles. The standard InChI is InChI=1S/C27H21O2Si/c1-16-4-8-24-20(12-16)22-14-18(6-10-26(22)28-24)30(3)19-7-11-27-23(15-19)21-13-17(2)5-9-25(21)29-27/h4-15H,1-3H3/q+1. The highest BCUT2D eigenvalue weighted by molar-refractivity contribution is 6.84. The number of hydrogen-bond donors (Lipinski definition) is 0. The number of rotatable bonds is 2. The molecule has 0 aliphatic rings. The van der Waals surface area contributed by atoms with Gasteiger partial charge in [-0.1, -0.05) is 23.3 Å². The summed E-state index contributed by atoms with van der Waals surface area (Å²) in [6, 6.07) is 26.2. The predicted octanol–water partition coefficient (Wildman–Crippen LogP) is 6.34. The number of furan rings is 2. The van der Waals surface area contributed by atoms with Crippen LogP contribution in [0, 0.1) is 13.8 Å². The van der Waals surface area contributed by atoms with Gasteiger partial charge in [0.05, 0.1) is 6.55 Å². The van der Waals surface area contributed by atoms with Crippen molar-refractivity contribution in [2.45, 2.75) is 20.4 Å². The van der Waals surface area contributed by atoms with Crippen LogP contribution in [0.3, 0.4) is 0 Å².